The Hall–Kier alpha value is -3.96. The molecule has 0 bridgehead atoms. The maximum Gasteiger partial charge on any atom is 0.171 e. The van der Waals surface area contributed by atoms with Crippen molar-refractivity contribution in [2.75, 3.05) is 32.0 Å². The van der Waals surface area contributed by atoms with E-state index in [1.165, 1.54) is 12.1 Å². The summed E-state index contributed by atoms with van der Waals surface area (Å²) in [5.41, 5.74) is 2.85. The summed E-state index contributed by atoms with van der Waals surface area (Å²) < 4.78 is 27.6. The van der Waals surface area contributed by atoms with Crippen LogP contribution in [0.3, 0.4) is 0 Å². The van der Waals surface area contributed by atoms with E-state index in [2.05, 4.69) is 30.8 Å². The third-order valence-electron chi connectivity index (χ3n) is 6.99. The first-order valence-corrected chi connectivity index (χ1v) is 12.2. The number of likely N-dealkylation sites (N-methyl/N-ethyl adjacent to an activating group) is 1. The van der Waals surface area contributed by atoms with Gasteiger partial charge in [-0.25, -0.2) is 13.8 Å². The molecule has 1 aromatic carbocycles. The van der Waals surface area contributed by atoms with Crippen LogP contribution in [0.15, 0.2) is 65.1 Å². The summed E-state index contributed by atoms with van der Waals surface area (Å²) in [6, 6.07) is 7.11. The summed E-state index contributed by atoms with van der Waals surface area (Å²) in [5.74, 6) is -0.683. The van der Waals surface area contributed by atoms with Crippen LogP contribution in [0.4, 0.5) is 14.5 Å². The lowest BCUT2D eigenvalue weighted by atomic mass is 9.86. The monoisotopic (exact) mass is 504 g/mol. The zero-order valence-electron chi connectivity index (χ0n) is 20.2. The molecule has 6 rings (SSSR count). The summed E-state index contributed by atoms with van der Waals surface area (Å²) in [7, 11) is 1.84. The molecule has 37 heavy (non-hydrogen) atoms. The van der Waals surface area contributed by atoms with Gasteiger partial charge in [-0.2, -0.15) is 10.2 Å². The molecule has 190 valence electrons. The van der Waals surface area contributed by atoms with E-state index in [-0.39, 0.29) is 6.17 Å². The number of anilines is 1. The number of hydrogen-bond acceptors (Lipinski definition) is 9. The number of amidine groups is 1. The number of halogens is 2. The van der Waals surface area contributed by atoms with Crippen LogP contribution in [-0.4, -0.2) is 69.5 Å². The minimum absolute atomic E-state index is 0.286. The summed E-state index contributed by atoms with van der Waals surface area (Å²) in [6.07, 6.45) is 7.88. The summed E-state index contributed by atoms with van der Waals surface area (Å²) in [6.45, 7) is 1.95. The molecule has 0 spiro atoms. The summed E-state index contributed by atoms with van der Waals surface area (Å²) >= 11 is 0. The zero-order chi connectivity index (χ0) is 25.6. The number of rotatable bonds is 5. The second kappa shape index (κ2) is 9.16. The molecule has 0 saturated carbocycles. The van der Waals surface area contributed by atoms with E-state index in [0.29, 0.717) is 47.5 Å². The van der Waals surface area contributed by atoms with E-state index in [1.807, 2.05) is 19.2 Å². The molecule has 1 fully saturated rings. The minimum atomic E-state index is -0.903. The molecule has 1 unspecified atom stereocenters. The first kappa shape index (κ1) is 23.4. The average Bonchev–Trinajstić information content (AvgIpc) is 3.21. The number of nitrogens with zero attached hydrogens (tertiary/aromatic N) is 6. The maximum absolute atomic E-state index is 13.8. The molecule has 2 aromatic heterocycles. The van der Waals surface area contributed by atoms with Gasteiger partial charge in [0.2, 0.25) is 0 Å². The Morgan fingerprint density at radius 1 is 1.08 bits per heavy atom. The number of hydrogen-bond donors (Lipinski definition) is 3. The van der Waals surface area contributed by atoms with Crippen molar-refractivity contribution in [1.29, 1.82) is 0 Å². The second-order valence-corrected chi connectivity index (χ2v) is 9.45. The minimum Gasteiger partial charge on any atom is -0.385 e. The number of benzene rings is 1. The lowest BCUT2D eigenvalue weighted by molar-refractivity contribution is 0.00576. The number of nitrogens with one attached hydrogen (secondary N) is 2. The first-order chi connectivity index (χ1) is 17.9. The van der Waals surface area contributed by atoms with Crippen molar-refractivity contribution in [3.63, 3.8) is 0 Å². The third-order valence-corrected chi connectivity index (χ3v) is 6.99. The smallest absolute Gasteiger partial charge is 0.171 e. The van der Waals surface area contributed by atoms with Gasteiger partial charge in [-0.1, -0.05) is 0 Å². The van der Waals surface area contributed by atoms with Crippen LogP contribution in [0.2, 0.25) is 0 Å². The molecule has 0 aliphatic carbocycles. The number of aromatic nitrogens is 2. The SMILES string of the molecule is CN1N=C2C=CC(c3cc(F)cc(F)c3)=NN2C1CNc1ccnc2cc(C3(O)CCNCC3)cnc12. The van der Waals surface area contributed by atoms with Crippen molar-refractivity contribution >= 4 is 28.3 Å². The number of hydrazone groups is 2. The molecule has 9 nitrogen and oxygen atoms in total. The third kappa shape index (κ3) is 4.40. The van der Waals surface area contributed by atoms with Crippen LogP contribution in [-0.2, 0) is 5.60 Å². The lowest BCUT2D eigenvalue weighted by Gasteiger charge is -2.32. The van der Waals surface area contributed by atoms with Crippen molar-refractivity contribution in [1.82, 2.24) is 25.3 Å². The molecule has 0 amide bonds. The molecular formula is C26H26F2N8O. The standard InChI is InChI=1S/C26H26F2N8O/c1-35-24(36-23(34-35)3-2-20(33-36)16-10-18(27)13-19(28)11-16)15-31-21-4-7-30-22-12-17(14-32-25(21)22)26(37)5-8-29-9-6-26/h2-4,7,10-14,24,29,37H,5-6,8-9,15H2,1H3,(H,30,31). The summed E-state index contributed by atoms with van der Waals surface area (Å²) in [4.78, 5) is 9.13. The van der Waals surface area contributed by atoms with E-state index < -0.39 is 17.2 Å². The molecule has 1 saturated heterocycles. The van der Waals surface area contributed by atoms with Gasteiger partial charge < -0.3 is 15.7 Å². The van der Waals surface area contributed by atoms with Crippen LogP contribution in [0.1, 0.15) is 24.0 Å². The highest BCUT2D eigenvalue weighted by molar-refractivity contribution is 6.14. The van der Waals surface area contributed by atoms with E-state index in [4.69, 9.17) is 0 Å². The van der Waals surface area contributed by atoms with Crippen LogP contribution < -0.4 is 10.6 Å². The fourth-order valence-corrected chi connectivity index (χ4v) is 4.95. The molecular weight excluding hydrogens is 478 g/mol. The Balaban J connectivity index is 1.23. The lowest BCUT2D eigenvalue weighted by Crippen LogP contribution is -2.43. The van der Waals surface area contributed by atoms with Crippen molar-refractivity contribution in [3.05, 3.63) is 77.6 Å². The Kier molecular flexibility index (Phi) is 5.81. The van der Waals surface area contributed by atoms with Gasteiger partial charge in [0, 0.05) is 36.6 Å². The first-order valence-electron chi connectivity index (χ1n) is 12.2. The van der Waals surface area contributed by atoms with Gasteiger partial charge in [0.25, 0.3) is 0 Å². The normalized spacial score (nSPS) is 20.6. The summed E-state index contributed by atoms with van der Waals surface area (Å²) in [5, 5.41) is 30.5. The Labute approximate surface area is 212 Å². The molecule has 11 heteroatoms. The Morgan fingerprint density at radius 3 is 2.65 bits per heavy atom. The van der Waals surface area contributed by atoms with Gasteiger partial charge in [0.05, 0.1) is 29.1 Å². The predicted octanol–water partition coefficient (Wildman–Crippen LogP) is 2.75. The van der Waals surface area contributed by atoms with Crippen LogP contribution in [0.25, 0.3) is 11.0 Å². The van der Waals surface area contributed by atoms with Crippen LogP contribution >= 0.6 is 0 Å². The molecule has 3 aliphatic heterocycles. The van der Waals surface area contributed by atoms with E-state index in [9.17, 15) is 13.9 Å². The molecule has 3 aliphatic rings. The van der Waals surface area contributed by atoms with Crippen LogP contribution in [0.5, 0.6) is 0 Å². The molecule has 5 heterocycles. The second-order valence-electron chi connectivity index (χ2n) is 9.45. The number of piperidine rings is 1. The number of pyridine rings is 2. The van der Waals surface area contributed by atoms with Crippen molar-refractivity contribution in [2.45, 2.75) is 24.6 Å². The molecule has 3 aromatic rings. The van der Waals surface area contributed by atoms with E-state index in [1.54, 1.807) is 34.6 Å². The van der Waals surface area contributed by atoms with Gasteiger partial charge >= 0.3 is 0 Å². The highest BCUT2D eigenvalue weighted by Crippen LogP contribution is 2.32. The zero-order valence-corrected chi connectivity index (χ0v) is 20.2. The number of allylic oxidation sites excluding steroid dienone is 1. The van der Waals surface area contributed by atoms with Gasteiger partial charge in [0.1, 0.15) is 17.2 Å². The van der Waals surface area contributed by atoms with Crippen LogP contribution in [0, 0.1) is 11.6 Å². The van der Waals surface area contributed by atoms with Gasteiger partial charge in [-0.15, -0.1) is 0 Å². The van der Waals surface area contributed by atoms with Crippen molar-refractivity contribution in [3.8, 4) is 0 Å². The molecule has 1 atom stereocenters. The molecule has 0 radical (unpaired) electrons. The van der Waals surface area contributed by atoms with Crippen molar-refractivity contribution in [2.24, 2.45) is 10.2 Å². The van der Waals surface area contributed by atoms with Gasteiger partial charge in [-0.05, 0) is 62.3 Å². The largest absolute Gasteiger partial charge is 0.385 e. The highest BCUT2D eigenvalue weighted by atomic mass is 19.1. The van der Waals surface area contributed by atoms with Crippen molar-refractivity contribution < 1.29 is 13.9 Å². The van der Waals surface area contributed by atoms with Gasteiger partial charge in [-0.3, -0.25) is 15.0 Å². The number of aliphatic hydroxyl groups is 1. The van der Waals surface area contributed by atoms with E-state index >= 15 is 0 Å². The van der Waals surface area contributed by atoms with Gasteiger partial charge in [0.15, 0.2) is 12.0 Å². The van der Waals surface area contributed by atoms with E-state index in [0.717, 1.165) is 30.4 Å². The Morgan fingerprint density at radius 2 is 1.86 bits per heavy atom. The fraction of sp³-hybridized carbons (Fsp3) is 0.308. The quantitative estimate of drug-likeness (QED) is 0.491. The number of fused-ring (bicyclic) bond motifs is 2. The fourth-order valence-electron chi connectivity index (χ4n) is 4.95. The Bertz CT molecular complexity index is 1430. The predicted molar refractivity (Wildman–Crippen MR) is 137 cm³/mol. The maximum atomic E-state index is 13.8. The highest BCUT2D eigenvalue weighted by Gasteiger charge is 2.34. The topological polar surface area (TPSA) is 101 Å². The molecule has 3 N–H and O–H groups in total. The average molecular weight is 505 g/mol.